The molecule has 0 unspecified atom stereocenters. The van der Waals surface area contributed by atoms with E-state index in [0.717, 1.165) is 32.1 Å². The molecule has 1 N–H and O–H groups in total. The van der Waals surface area contributed by atoms with Gasteiger partial charge in [-0.3, -0.25) is 4.79 Å². The van der Waals surface area contributed by atoms with E-state index in [1.54, 1.807) is 4.90 Å². The third-order valence-electron chi connectivity index (χ3n) is 4.01. The molecule has 94 valence electrons. The molecular formula is C13H20N2O2. The Hall–Kier alpha value is -1.08. The molecule has 1 aliphatic heterocycles. The molecule has 0 aromatic heterocycles. The fraction of sp³-hybridized carbons (Fsp3) is 0.846. The minimum atomic E-state index is -0.796. The predicted octanol–water partition coefficient (Wildman–Crippen LogP) is 1.44. The van der Waals surface area contributed by atoms with Gasteiger partial charge in [0, 0.05) is 13.1 Å². The molecule has 0 bridgehead atoms. The lowest BCUT2D eigenvalue weighted by Crippen LogP contribution is -2.49. The Balaban J connectivity index is 2.09. The number of nitriles is 1. The standard InChI is InChI=1S/C13H20N2O2/c14-10-13(6-2-1-3-7-13)12(17)15-8-4-5-11(16)9-15/h11,16H,1-9H2/t11-/m0/s1. The molecule has 4 nitrogen and oxygen atoms in total. The Morgan fingerprint density at radius 1 is 1.29 bits per heavy atom. The maximum absolute atomic E-state index is 12.4. The number of nitrogens with zero attached hydrogens (tertiary/aromatic N) is 2. The zero-order valence-electron chi connectivity index (χ0n) is 10.2. The van der Waals surface area contributed by atoms with Crippen LogP contribution >= 0.6 is 0 Å². The van der Waals surface area contributed by atoms with Crippen LogP contribution in [-0.2, 0) is 4.79 Å². The van der Waals surface area contributed by atoms with Gasteiger partial charge in [-0.15, -0.1) is 0 Å². The number of carbonyl (C=O) groups excluding carboxylic acids is 1. The van der Waals surface area contributed by atoms with Crippen molar-refractivity contribution >= 4 is 5.91 Å². The lowest BCUT2D eigenvalue weighted by atomic mass is 9.74. The first-order chi connectivity index (χ1) is 8.18. The highest BCUT2D eigenvalue weighted by molar-refractivity contribution is 5.85. The second-order valence-electron chi connectivity index (χ2n) is 5.30. The average molecular weight is 236 g/mol. The van der Waals surface area contributed by atoms with Crippen LogP contribution in [0.5, 0.6) is 0 Å². The highest BCUT2D eigenvalue weighted by Crippen LogP contribution is 2.37. The average Bonchev–Trinajstić information content (AvgIpc) is 2.38. The molecule has 2 aliphatic rings. The van der Waals surface area contributed by atoms with Crippen LogP contribution in [0.25, 0.3) is 0 Å². The fourth-order valence-corrected chi connectivity index (χ4v) is 2.97. The second kappa shape index (κ2) is 5.05. The summed E-state index contributed by atoms with van der Waals surface area (Å²) in [7, 11) is 0. The van der Waals surface area contributed by atoms with Crippen LogP contribution in [-0.4, -0.2) is 35.1 Å². The maximum Gasteiger partial charge on any atom is 0.243 e. The van der Waals surface area contributed by atoms with E-state index in [2.05, 4.69) is 6.07 Å². The molecular weight excluding hydrogens is 216 g/mol. The molecule has 2 rings (SSSR count). The summed E-state index contributed by atoms with van der Waals surface area (Å²) in [5.74, 6) is -0.0431. The molecule has 17 heavy (non-hydrogen) atoms. The molecule has 1 atom stereocenters. The number of aliphatic hydroxyl groups excluding tert-OH is 1. The molecule has 0 aromatic carbocycles. The van der Waals surface area contributed by atoms with E-state index < -0.39 is 11.5 Å². The van der Waals surface area contributed by atoms with Crippen molar-refractivity contribution in [2.75, 3.05) is 13.1 Å². The van der Waals surface area contributed by atoms with Crippen molar-refractivity contribution in [2.45, 2.75) is 51.0 Å². The smallest absolute Gasteiger partial charge is 0.243 e. The number of rotatable bonds is 1. The monoisotopic (exact) mass is 236 g/mol. The Morgan fingerprint density at radius 3 is 2.59 bits per heavy atom. The molecule has 0 spiro atoms. The normalized spacial score (nSPS) is 28.5. The molecule has 1 aliphatic carbocycles. The minimum Gasteiger partial charge on any atom is -0.391 e. The number of hydrogen-bond acceptors (Lipinski definition) is 3. The molecule has 0 aromatic rings. The van der Waals surface area contributed by atoms with Gasteiger partial charge in [-0.2, -0.15) is 5.26 Å². The lowest BCUT2D eigenvalue weighted by molar-refractivity contribution is -0.143. The summed E-state index contributed by atoms with van der Waals surface area (Å²) in [4.78, 5) is 14.1. The first kappa shape index (κ1) is 12.4. The summed E-state index contributed by atoms with van der Waals surface area (Å²) >= 11 is 0. The number of hydrogen-bond donors (Lipinski definition) is 1. The number of aliphatic hydroxyl groups is 1. The van der Waals surface area contributed by atoms with Crippen molar-refractivity contribution in [3.8, 4) is 6.07 Å². The molecule has 2 fully saturated rings. The van der Waals surface area contributed by atoms with Crippen LogP contribution in [0.3, 0.4) is 0 Å². The van der Waals surface area contributed by atoms with E-state index in [4.69, 9.17) is 0 Å². The maximum atomic E-state index is 12.4. The van der Waals surface area contributed by atoms with E-state index in [1.165, 1.54) is 0 Å². The van der Waals surface area contributed by atoms with Gasteiger partial charge in [-0.05, 0) is 25.7 Å². The zero-order valence-corrected chi connectivity index (χ0v) is 10.2. The van der Waals surface area contributed by atoms with Crippen LogP contribution in [0.2, 0.25) is 0 Å². The van der Waals surface area contributed by atoms with Gasteiger partial charge >= 0.3 is 0 Å². The van der Waals surface area contributed by atoms with E-state index >= 15 is 0 Å². The van der Waals surface area contributed by atoms with Gasteiger partial charge in [0.15, 0.2) is 0 Å². The summed E-state index contributed by atoms with van der Waals surface area (Å²) in [6.45, 7) is 1.10. The van der Waals surface area contributed by atoms with E-state index in [1.807, 2.05) is 0 Å². The quantitative estimate of drug-likeness (QED) is 0.749. The molecule has 1 saturated heterocycles. The Kier molecular flexibility index (Phi) is 3.68. The zero-order chi connectivity index (χ0) is 12.3. The van der Waals surface area contributed by atoms with Crippen LogP contribution in [0, 0.1) is 16.7 Å². The topological polar surface area (TPSA) is 64.3 Å². The molecule has 4 heteroatoms. The largest absolute Gasteiger partial charge is 0.391 e. The number of β-amino-alcohol motifs (C(OH)–C–C–N with tert-alkyl or cyclic N) is 1. The Morgan fingerprint density at radius 2 is 2.00 bits per heavy atom. The number of piperidine rings is 1. The number of carbonyl (C=O) groups is 1. The fourth-order valence-electron chi connectivity index (χ4n) is 2.97. The first-order valence-electron chi connectivity index (χ1n) is 6.57. The summed E-state index contributed by atoms with van der Waals surface area (Å²) < 4.78 is 0. The number of amides is 1. The van der Waals surface area contributed by atoms with Gasteiger partial charge < -0.3 is 10.0 Å². The summed E-state index contributed by atoms with van der Waals surface area (Å²) in [5, 5.41) is 19.0. The van der Waals surface area contributed by atoms with Crippen LogP contribution < -0.4 is 0 Å². The highest BCUT2D eigenvalue weighted by Gasteiger charge is 2.43. The Bertz CT molecular complexity index is 329. The predicted molar refractivity (Wildman–Crippen MR) is 63.0 cm³/mol. The van der Waals surface area contributed by atoms with Crippen molar-refractivity contribution in [3.05, 3.63) is 0 Å². The van der Waals surface area contributed by atoms with Crippen molar-refractivity contribution in [3.63, 3.8) is 0 Å². The molecule has 1 heterocycles. The van der Waals surface area contributed by atoms with Crippen molar-refractivity contribution in [1.29, 1.82) is 5.26 Å². The van der Waals surface area contributed by atoms with Crippen molar-refractivity contribution < 1.29 is 9.90 Å². The van der Waals surface area contributed by atoms with Gasteiger partial charge in [-0.1, -0.05) is 19.3 Å². The van der Waals surface area contributed by atoms with Crippen molar-refractivity contribution in [1.82, 2.24) is 4.90 Å². The number of likely N-dealkylation sites (tertiary alicyclic amines) is 1. The summed E-state index contributed by atoms with van der Waals surface area (Å²) in [6.07, 6.45) is 5.64. The van der Waals surface area contributed by atoms with Crippen LogP contribution in [0.4, 0.5) is 0 Å². The van der Waals surface area contributed by atoms with Gasteiger partial charge in [0.05, 0.1) is 12.2 Å². The third-order valence-corrected chi connectivity index (χ3v) is 4.01. The third kappa shape index (κ3) is 2.44. The first-order valence-corrected chi connectivity index (χ1v) is 6.57. The van der Waals surface area contributed by atoms with Gasteiger partial charge in [0.2, 0.25) is 5.91 Å². The van der Waals surface area contributed by atoms with Crippen molar-refractivity contribution in [2.24, 2.45) is 5.41 Å². The van der Waals surface area contributed by atoms with E-state index in [9.17, 15) is 15.2 Å². The van der Waals surface area contributed by atoms with Gasteiger partial charge in [0.25, 0.3) is 0 Å². The van der Waals surface area contributed by atoms with E-state index in [0.29, 0.717) is 25.9 Å². The van der Waals surface area contributed by atoms with Crippen LogP contribution in [0.15, 0.2) is 0 Å². The summed E-state index contributed by atoms with van der Waals surface area (Å²) in [6, 6.07) is 2.26. The molecule has 1 amide bonds. The second-order valence-corrected chi connectivity index (χ2v) is 5.30. The molecule has 0 radical (unpaired) electrons. The minimum absolute atomic E-state index is 0.0431. The molecule has 1 saturated carbocycles. The lowest BCUT2D eigenvalue weighted by Gasteiger charge is -2.37. The Labute approximate surface area is 102 Å². The summed E-state index contributed by atoms with van der Waals surface area (Å²) in [5.41, 5.74) is -0.796. The van der Waals surface area contributed by atoms with Gasteiger partial charge in [-0.25, -0.2) is 0 Å². The highest BCUT2D eigenvalue weighted by atomic mass is 16.3. The van der Waals surface area contributed by atoms with E-state index in [-0.39, 0.29) is 5.91 Å². The van der Waals surface area contributed by atoms with Gasteiger partial charge in [0.1, 0.15) is 5.41 Å². The van der Waals surface area contributed by atoms with Crippen LogP contribution in [0.1, 0.15) is 44.9 Å². The SMILES string of the molecule is N#CC1(C(=O)N2CCC[C@H](O)C2)CCCCC1.